The van der Waals surface area contributed by atoms with Crippen molar-refractivity contribution in [2.75, 3.05) is 13.2 Å². The number of hydrogen-bond donors (Lipinski definition) is 1. The number of hydrogen-bond acceptors (Lipinski definition) is 2. The largest absolute Gasteiger partial charge is 0.328 e. The van der Waals surface area contributed by atoms with Crippen LogP contribution in [0.3, 0.4) is 0 Å². The summed E-state index contributed by atoms with van der Waals surface area (Å²) >= 11 is 0. The van der Waals surface area contributed by atoms with Crippen LogP contribution in [0.15, 0.2) is 0 Å². The first kappa shape index (κ1) is 10.6. The van der Waals surface area contributed by atoms with Gasteiger partial charge in [-0.3, -0.25) is 10.1 Å². The van der Waals surface area contributed by atoms with Crippen molar-refractivity contribution < 1.29 is 4.79 Å². The third-order valence-electron chi connectivity index (χ3n) is 4.56. The van der Waals surface area contributed by atoms with Gasteiger partial charge < -0.3 is 4.90 Å². The topological polar surface area (TPSA) is 32.3 Å². The number of nitrogens with zero attached hydrogens (tertiary/aromatic N) is 1. The Morgan fingerprint density at radius 1 is 1.44 bits per heavy atom. The summed E-state index contributed by atoms with van der Waals surface area (Å²) in [5.41, 5.74) is 0.554. The predicted octanol–water partition coefficient (Wildman–Crippen LogP) is 1.73. The van der Waals surface area contributed by atoms with E-state index < -0.39 is 0 Å². The Bertz CT molecular complexity index is 294. The van der Waals surface area contributed by atoms with Crippen LogP contribution in [0.25, 0.3) is 0 Å². The average molecular weight is 222 g/mol. The lowest BCUT2D eigenvalue weighted by Gasteiger charge is -2.22. The quantitative estimate of drug-likeness (QED) is 0.768. The smallest absolute Gasteiger partial charge is 0.240 e. The molecule has 3 nitrogen and oxygen atoms in total. The van der Waals surface area contributed by atoms with Gasteiger partial charge in [-0.1, -0.05) is 13.3 Å². The summed E-state index contributed by atoms with van der Waals surface area (Å²) in [6.07, 6.45) is 7.62. The minimum Gasteiger partial charge on any atom is -0.328 e. The van der Waals surface area contributed by atoms with Crippen LogP contribution < -0.4 is 5.32 Å². The maximum absolute atomic E-state index is 12.1. The molecular weight excluding hydrogens is 200 g/mol. The van der Waals surface area contributed by atoms with Gasteiger partial charge in [0, 0.05) is 6.54 Å². The van der Waals surface area contributed by atoms with Crippen LogP contribution in [0.1, 0.15) is 45.4 Å². The summed E-state index contributed by atoms with van der Waals surface area (Å²) in [6, 6.07) is 0.111. The molecule has 2 aliphatic carbocycles. The lowest BCUT2D eigenvalue weighted by molar-refractivity contribution is -0.129. The molecule has 1 amide bonds. The molecular formula is C13H22N2O. The second-order valence-electron chi connectivity index (χ2n) is 5.88. The van der Waals surface area contributed by atoms with Gasteiger partial charge in [-0.25, -0.2) is 0 Å². The molecule has 2 saturated carbocycles. The molecule has 16 heavy (non-hydrogen) atoms. The van der Waals surface area contributed by atoms with Crippen molar-refractivity contribution in [2.24, 2.45) is 11.3 Å². The summed E-state index contributed by atoms with van der Waals surface area (Å²) in [7, 11) is 0. The molecule has 3 rings (SSSR count). The van der Waals surface area contributed by atoms with Crippen molar-refractivity contribution in [3.63, 3.8) is 0 Å². The second-order valence-corrected chi connectivity index (χ2v) is 5.88. The van der Waals surface area contributed by atoms with Crippen LogP contribution in [-0.2, 0) is 4.79 Å². The van der Waals surface area contributed by atoms with Gasteiger partial charge in [-0.05, 0) is 43.4 Å². The highest BCUT2D eigenvalue weighted by Crippen LogP contribution is 2.61. The van der Waals surface area contributed by atoms with E-state index in [2.05, 4.69) is 17.1 Å². The van der Waals surface area contributed by atoms with Gasteiger partial charge in [0.1, 0.15) is 0 Å². The van der Waals surface area contributed by atoms with E-state index >= 15 is 0 Å². The van der Waals surface area contributed by atoms with E-state index in [9.17, 15) is 4.79 Å². The molecule has 1 N–H and O–H groups in total. The lowest BCUT2D eigenvalue weighted by Crippen LogP contribution is -2.35. The molecule has 1 unspecified atom stereocenters. The fourth-order valence-corrected chi connectivity index (χ4v) is 3.19. The van der Waals surface area contributed by atoms with Crippen LogP contribution in [0.2, 0.25) is 0 Å². The second kappa shape index (κ2) is 3.73. The number of rotatable bonds is 5. The molecule has 3 aliphatic rings. The minimum absolute atomic E-state index is 0.111. The Morgan fingerprint density at radius 3 is 2.75 bits per heavy atom. The summed E-state index contributed by atoms with van der Waals surface area (Å²) < 4.78 is 0. The maximum Gasteiger partial charge on any atom is 0.240 e. The highest BCUT2D eigenvalue weighted by molar-refractivity contribution is 5.83. The molecule has 0 aromatic carbocycles. The van der Waals surface area contributed by atoms with E-state index in [-0.39, 0.29) is 6.04 Å². The molecule has 3 fully saturated rings. The molecule has 0 aromatic heterocycles. The molecule has 0 spiro atoms. The summed E-state index contributed by atoms with van der Waals surface area (Å²) in [5.74, 6) is 1.30. The van der Waals surface area contributed by atoms with Crippen molar-refractivity contribution >= 4 is 5.91 Å². The Kier molecular flexibility index (Phi) is 2.46. The fourth-order valence-electron chi connectivity index (χ4n) is 3.19. The molecule has 1 heterocycles. The number of carbonyl (C=O) groups excluding carboxylic acids is 1. The van der Waals surface area contributed by atoms with Gasteiger partial charge in [-0.2, -0.15) is 0 Å². The minimum atomic E-state index is 0.111. The van der Waals surface area contributed by atoms with Gasteiger partial charge in [0.05, 0.1) is 12.7 Å². The first-order chi connectivity index (χ1) is 7.75. The fraction of sp³-hybridized carbons (Fsp3) is 0.923. The molecule has 1 aliphatic heterocycles. The Labute approximate surface area is 97.6 Å². The summed E-state index contributed by atoms with van der Waals surface area (Å²) in [5, 5.41) is 3.34. The zero-order chi connectivity index (χ0) is 11.2. The molecule has 0 radical (unpaired) electrons. The molecule has 0 aromatic rings. The van der Waals surface area contributed by atoms with Gasteiger partial charge in [0.15, 0.2) is 0 Å². The Morgan fingerprint density at radius 2 is 2.19 bits per heavy atom. The van der Waals surface area contributed by atoms with Crippen LogP contribution in [0, 0.1) is 11.3 Å². The van der Waals surface area contributed by atoms with Gasteiger partial charge in [-0.15, -0.1) is 0 Å². The number of amides is 1. The zero-order valence-corrected chi connectivity index (χ0v) is 10.2. The van der Waals surface area contributed by atoms with E-state index in [1.54, 1.807) is 0 Å². The third kappa shape index (κ3) is 1.75. The van der Waals surface area contributed by atoms with E-state index in [1.165, 1.54) is 25.7 Å². The standard InChI is InChI=1S/C13H22N2O/c1-2-3-11-12(16)15(9-14-11)8-13(6-7-13)10-4-5-10/h10-11,14H,2-9H2,1H3. The van der Waals surface area contributed by atoms with Gasteiger partial charge in [0.2, 0.25) is 5.91 Å². The van der Waals surface area contributed by atoms with Crippen LogP contribution in [-0.4, -0.2) is 30.1 Å². The maximum atomic E-state index is 12.1. The first-order valence-electron chi connectivity index (χ1n) is 6.77. The van der Waals surface area contributed by atoms with Gasteiger partial charge >= 0.3 is 0 Å². The zero-order valence-electron chi connectivity index (χ0n) is 10.2. The molecule has 3 heteroatoms. The normalized spacial score (nSPS) is 32.2. The first-order valence-corrected chi connectivity index (χ1v) is 6.77. The number of carbonyl (C=O) groups is 1. The lowest BCUT2D eigenvalue weighted by atomic mass is 10.00. The van der Waals surface area contributed by atoms with E-state index in [4.69, 9.17) is 0 Å². The van der Waals surface area contributed by atoms with Crippen molar-refractivity contribution in [3.05, 3.63) is 0 Å². The van der Waals surface area contributed by atoms with Crippen molar-refractivity contribution in [1.29, 1.82) is 0 Å². The van der Waals surface area contributed by atoms with Crippen LogP contribution in [0.5, 0.6) is 0 Å². The number of nitrogens with one attached hydrogen (secondary N) is 1. The average Bonchev–Trinajstić information content (AvgIpc) is 3.13. The monoisotopic (exact) mass is 222 g/mol. The van der Waals surface area contributed by atoms with E-state index in [0.717, 1.165) is 32.0 Å². The highest BCUT2D eigenvalue weighted by atomic mass is 16.2. The SMILES string of the molecule is CCCC1NCN(CC2(C3CC3)CC2)C1=O. The molecule has 0 bridgehead atoms. The van der Waals surface area contributed by atoms with Gasteiger partial charge in [0.25, 0.3) is 0 Å². The highest BCUT2D eigenvalue weighted by Gasteiger charge is 2.55. The molecule has 90 valence electrons. The van der Waals surface area contributed by atoms with E-state index in [0.29, 0.717) is 11.3 Å². The van der Waals surface area contributed by atoms with Crippen molar-refractivity contribution in [2.45, 2.75) is 51.5 Å². The Balaban J connectivity index is 1.58. The van der Waals surface area contributed by atoms with Crippen molar-refractivity contribution in [3.8, 4) is 0 Å². The van der Waals surface area contributed by atoms with Crippen molar-refractivity contribution in [1.82, 2.24) is 10.2 Å². The predicted molar refractivity (Wildman–Crippen MR) is 62.8 cm³/mol. The molecule has 1 saturated heterocycles. The Hall–Kier alpha value is -0.570. The van der Waals surface area contributed by atoms with Crippen LogP contribution >= 0.6 is 0 Å². The third-order valence-corrected chi connectivity index (χ3v) is 4.56. The summed E-state index contributed by atoms with van der Waals surface area (Å²) in [6.45, 7) is 3.96. The van der Waals surface area contributed by atoms with E-state index in [1.807, 2.05) is 0 Å². The van der Waals surface area contributed by atoms with Crippen LogP contribution in [0.4, 0.5) is 0 Å². The molecule has 1 atom stereocenters. The summed E-state index contributed by atoms with van der Waals surface area (Å²) in [4.78, 5) is 14.2.